The van der Waals surface area contributed by atoms with Crippen LogP contribution in [0, 0.1) is 17.2 Å². The molecule has 0 N–H and O–H groups in total. The lowest BCUT2D eigenvalue weighted by Gasteiger charge is -2.33. The number of carbonyl (C=O) groups is 1. The van der Waals surface area contributed by atoms with Gasteiger partial charge in [0.05, 0.1) is 12.1 Å². The van der Waals surface area contributed by atoms with Gasteiger partial charge in [-0.15, -0.1) is 0 Å². The van der Waals surface area contributed by atoms with Crippen molar-refractivity contribution in [2.45, 2.75) is 39.2 Å². The smallest absolute Gasteiger partial charge is 0.133 e. The molecule has 0 spiro atoms. The summed E-state index contributed by atoms with van der Waals surface area (Å²) in [6.45, 7) is 5.50. The van der Waals surface area contributed by atoms with Crippen molar-refractivity contribution in [1.82, 2.24) is 4.90 Å². The van der Waals surface area contributed by atoms with Gasteiger partial charge in [-0.25, -0.2) is 0 Å². The molecule has 0 amide bonds. The number of nitriles is 1. The highest BCUT2D eigenvalue weighted by molar-refractivity contribution is 5.78. The van der Waals surface area contributed by atoms with E-state index in [0.29, 0.717) is 5.78 Å². The molecular weight excluding hydrogens is 176 g/mol. The maximum absolute atomic E-state index is 11.1. The molecule has 3 nitrogen and oxygen atoms in total. The van der Waals surface area contributed by atoms with Crippen molar-refractivity contribution >= 4 is 5.78 Å². The number of hydrogen-bond acceptors (Lipinski definition) is 3. The lowest BCUT2D eigenvalue weighted by Crippen LogP contribution is -2.41. The van der Waals surface area contributed by atoms with Crippen LogP contribution in [0.25, 0.3) is 0 Å². The monoisotopic (exact) mass is 194 g/mol. The molecule has 78 valence electrons. The van der Waals surface area contributed by atoms with E-state index in [1.165, 1.54) is 0 Å². The summed E-state index contributed by atoms with van der Waals surface area (Å²) in [6.07, 6.45) is 2.72. The fraction of sp³-hybridized carbons (Fsp3) is 0.818. The van der Waals surface area contributed by atoms with Crippen LogP contribution in [0.2, 0.25) is 0 Å². The molecule has 1 fully saturated rings. The second-order valence-corrected chi connectivity index (χ2v) is 3.97. The Morgan fingerprint density at radius 2 is 2.14 bits per heavy atom. The van der Waals surface area contributed by atoms with Crippen LogP contribution in [0.3, 0.4) is 0 Å². The van der Waals surface area contributed by atoms with E-state index in [4.69, 9.17) is 5.26 Å². The maximum atomic E-state index is 11.1. The van der Waals surface area contributed by atoms with E-state index in [2.05, 4.69) is 11.0 Å². The number of rotatable bonds is 3. The fourth-order valence-corrected chi connectivity index (χ4v) is 2.05. The van der Waals surface area contributed by atoms with Crippen LogP contribution in [0.1, 0.15) is 33.1 Å². The summed E-state index contributed by atoms with van der Waals surface area (Å²) in [5.41, 5.74) is 0. The standard InChI is InChI=1S/C11H18N2O/c1-3-11(8-12)13-6-4-10(5-7-13)9(2)14/h10-11H,3-7H2,1-2H3. The van der Waals surface area contributed by atoms with Gasteiger partial charge in [0.25, 0.3) is 0 Å². The van der Waals surface area contributed by atoms with Crippen molar-refractivity contribution in [3.8, 4) is 6.07 Å². The van der Waals surface area contributed by atoms with Gasteiger partial charge in [-0.1, -0.05) is 6.92 Å². The summed E-state index contributed by atoms with van der Waals surface area (Å²) in [6, 6.07) is 2.35. The SMILES string of the molecule is CCC(C#N)N1CCC(C(C)=O)CC1. The first-order valence-electron chi connectivity index (χ1n) is 5.33. The van der Waals surface area contributed by atoms with Gasteiger partial charge in [-0.3, -0.25) is 9.69 Å². The van der Waals surface area contributed by atoms with Gasteiger partial charge in [-0.2, -0.15) is 5.26 Å². The quantitative estimate of drug-likeness (QED) is 0.685. The van der Waals surface area contributed by atoms with Crippen LogP contribution in [0.5, 0.6) is 0 Å². The van der Waals surface area contributed by atoms with Crippen molar-refractivity contribution in [1.29, 1.82) is 5.26 Å². The zero-order chi connectivity index (χ0) is 10.6. The maximum Gasteiger partial charge on any atom is 0.133 e. The third-order valence-electron chi connectivity index (χ3n) is 3.08. The lowest BCUT2D eigenvalue weighted by atomic mass is 9.92. The van der Waals surface area contributed by atoms with E-state index >= 15 is 0 Å². The van der Waals surface area contributed by atoms with E-state index in [0.717, 1.165) is 32.4 Å². The molecule has 0 bridgehead atoms. The normalized spacial score (nSPS) is 21.5. The predicted molar refractivity (Wildman–Crippen MR) is 54.7 cm³/mol. The Balaban J connectivity index is 2.43. The molecule has 0 aliphatic carbocycles. The average molecular weight is 194 g/mol. The van der Waals surface area contributed by atoms with E-state index in [1.807, 2.05) is 6.92 Å². The van der Waals surface area contributed by atoms with Gasteiger partial charge in [-0.05, 0) is 26.2 Å². The predicted octanol–water partition coefficient (Wildman–Crippen LogP) is 1.59. The highest BCUT2D eigenvalue weighted by Crippen LogP contribution is 2.20. The number of nitrogens with zero attached hydrogens (tertiary/aromatic N) is 2. The van der Waals surface area contributed by atoms with Gasteiger partial charge >= 0.3 is 0 Å². The molecule has 0 saturated carbocycles. The van der Waals surface area contributed by atoms with Crippen LogP contribution in [0.15, 0.2) is 0 Å². The zero-order valence-electron chi connectivity index (χ0n) is 8.99. The first kappa shape index (κ1) is 11.2. The van der Waals surface area contributed by atoms with E-state index < -0.39 is 0 Å². The third-order valence-corrected chi connectivity index (χ3v) is 3.08. The number of likely N-dealkylation sites (tertiary alicyclic amines) is 1. The van der Waals surface area contributed by atoms with Gasteiger partial charge in [0.2, 0.25) is 0 Å². The first-order chi connectivity index (χ1) is 6.69. The highest BCUT2D eigenvalue weighted by Gasteiger charge is 2.25. The molecule has 1 rings (SSSR count). The number of hydrogen-bond donors (Lipinski definition) is 0. The third kappa shape index (κ3) is 2.55. The fourth-order valence-electron chi connectivity index (χ4n) is 2.05. The molecule has 1 unspecified atom stereocenters. The Bertz CT molecular complexity index is 236. The Kier molecular flexibility index (Phi) is 4.09. The topological polar surface area (TPSA) is 44.1 Å². The summed E-state index contributed by atoms with van der Waals surface area (Å²) < 4.78 is 0. The largest absolute Gasteiger partial charge is 0.300 e. The molecule has 1 aliphatic rings. The molecule has 1 aliphatic heterocycles. The summed E-state index contributed by atoms with van der Waals surface area (Å²) in [7, 11) is 0. The van der Waals surface area contributed by atoms with Crippen molar-refractivity contribution in [3.05, 3.63) is 0 Å². The Morgan fingerprint density at radius 3 is 2.50 bits per heavy atom. The molecule has 0 aromatic carbocycles. The van der Waals surface area contributed by atoms with Crippen LogP contribution in [0.4, 0.5) is 0 Å². The lowest BCUT2D eigenvalue weighted by molar-refractivity contribution is -0.122. The van der Waals surface area contributed by atoms with E-state index in [-0.39, 0.29) is 12.0 Å². The Hall–Kier alpha value is -0.880. The minimum atomic E-state index is 0.0444. The number of carbonyl (C=O) groups excluding carboxylic acids is 1. The second-order valence-electron chi connectivity index (χ2n) is 3.97. The zero-order valence-corrected chi connectivity index (χ0v) is 8.99. The van der Waals surface area contributed by atoms with Gasteiger partial charge in [0, 0.05) is 19.0 Å². The van der Waals surface area contributed by atoms with Crippen LogP contribution in [-0.2, 0) is 4.79 Å². The minimum Gasteiger partial charge on any atom is -0.300 e. The van der Waals surface area contributed by atoms with Gasteiger partial charge in [0.1, 0.15) is 5.78 Å². The van der Waals surface area contributed by atoms with Crippen LogP contribution in [-0.4, -0.2) is 29.8 Å². The Labute approximate surface area is 85.7 Å². The summed E-state index contributed by atoms with van der Waals surface area (Å²) in [5.74, 6) is 0.539. The van der Waals surface area contributed by atoms with Gasteiger partial charge in [0.15, 0.2) is 0 Å². The number of ketones is 1. The summed E-state index contributed by atoms with van der Waals surface area (Å²) >= 11 is 0. The average Bonchev–Trinajstić information content (AvgIpc) is 2.20. The van der Waals surface area contributed by atoms with Gasteiger partial charge < -0.3 is 0 Å². The number of Topliss-reactive ketones (excluding diaryl/α,β-unsaturated/α-hetero) is 1. The second kappa shape index (κ2) is 5.11. The molecule has 0 radical (unpaired) electrons. The molecule has 3 heteroatoms. The highest BCUT2D eigenvalue weighted by atomic mass is 16.1. The molecule has 0 aromatic rings. The van der Waals surface area contributed by atoms with Crippen LogP contribution >= 0.6 is 0 Å². The van der Waals surface area contributed by atoms with E-state index in [1.54, 1.807) is 6.92 Å². The van der Waals surface area contributed by atoms with E-state index in [9.17, 15) is 4.79 Å². The van der Waals surface area contributed by atoms with Crippen molar-refractivity contribution < 1.29 is 4.79 Å². The molecular formula is C11H18N2O. The van der Waals surface area contributed by atoms with Crippen molar-refractivity contribution in [2.24, 2.45) is 5.92 Å². The summed E-state index contributed by atoms with van der Waals surface area (Å²) in [4.78, 5) is 13.3. The minimum absolute atomic E-state index is 0.0444. The van der Waals surface area contributed by atoms with Crippen molar-refractivity contribution in [2.75, 3.05) is 13.1 Å². The Morgan fingerprint density at radius 1 is 1.57 bits per heavy atom. The number of piperidine rings is 1. The molecule has 1 saturated heterocycles. The molecule has 1 atom stereocenters. The van der Waals surface area contributed by atoms with Crippen LogP contribution < -0.4 is 0 Å². The summed E-state index contributed by atoms with van der Waals surface area (Å²) in [5, 5.41) is 8.89. The molecule has 1 heterocycles. The molecule has 14 heavy (non-hydrogen) atoms. The first-order valence-corrected chi connectivity index (χ1v) is 5.33. The molecule has 0 aromatic heterocycles. The van der Waals surface area contributed by atoms with Crippen molar-refractivity contribution in [3.63, 3.8) is 0 Å².